The van der Waals surface area contributed by atoms with Crippen molar-refractivity contribution in [3.8, 4) is 0 Å². The first kappa shape index (κ1) is 8.45. The molecule has 0 amide bonds. The molecule has 0 saturated carbocycles. The van der Waals surface area contributed by atoms with E-state index < -0.39 is 11.7 Å². The second-order valence-electron chi connectivity index (χ2n) is 2.35. The minimum atomic E-state index is -1.35. The summed E-state index contributed by atoms with van der Waals surface area (Å²) < 4.78 is 4.81. The molecule has 1 heterocycles. The monoisotopic (exact) mass is 159 g/mol. The maximum Gasteiger partial charge on any atom is 0.354 e. The first-order valence-corrected chi connectivity index (χ1v) is 3.39. The highest BCUT2D eigenvalue weighted by atomic mass is 16.5. The third-order valence-corrected chi connectivity index (χ3v) is 1.69. The molecule has 0 aromatic carbocycles. The molecule has 2 N–H and O–H groups in total. The van der Waals surface area contributed by atoms with E-state index in [1.807, 2.05) is 0 Å². The Morgan fingerprint density at radius 2 is 2.55 bits per heavy atom. The minimum absolute atomic E-state index is 0.249. The Bertz CT molecular complexity index is 154. The van der Waals surface area contributed by atoms with Gasteiger partial charge < -0.3 is 15.2 Å². The third-order valence-electron chi connectivity index (χ3n) is 1.69. The molecule has 63 valence electrons. The van der Waals surface area contributed by atoms with Gasteiger partial charge in [0.15, 0.2) is 0 Å². The van der Waals surface area contributed by atoms with Gasteiger partial charge in [-0.3, -0.25) is 0 Å². The number of nitrogens with zero attached hydrogens (tertiary/aromatic N) is 1. The fourth-order valence-electron chi connectivity index (χ4n) is 0.997. The van der Waals surface area contributed by atoms with Crippen LogP contribution in [0.25, 0.3) is 0 Å². The Balaban J connectivity index is 2.64. The minimum Gasteiger partial charge on any atom is -0.478 e. The summed E-state index contributed by atoms with van der Waals surface area (Å²) >= 11 is 0. The molecule has 11 heavy (non-hydrogen) atoms. The summed E-state index contributed by atoms with van der Waals surface area (Å²) in [5.41, 5.74) is -1.35. The molecule has 5 nitrogen and oxygen atoms in total. The van der Waals surface area contributed by atoms with Crippen LogP contribution in [-0.2, 0) is 9.53 Å². The molecule has 1 unspecified atom stereocenters. The quantitative estimate of drug-likeness (QED) is 0.521. The van der Waals surface area contributed by atoms with Crippen LogP contribution in [0.4, 0.5) is 0 Å². The van der Waals surface area contributed by atoms with Crippen molar-refractivity contribution in [1.29, 1.82) is 0 Å². The zero-order valence-electron chi connectivity index (χ0n) is 6.33. The van der Waals surface area contributed by atoms with E-state index in [1.54, 1.807) is 0 Å². The molecule has 1 saturated heterocycles. The Morgan fingerprint density at radius 3 is 2.82 bits per heavy atom. The Labute approximate surface area is 64.7 Å². The number of hydrogen-bond acceptors (Lipinski definition) is 3. The molecule has 1 atom stereocenters. The highest BCUT2D eigenvalue weighted by Gasteiger charge is 2.41. The van der Waals surface area contributed by atoms with Gasteiger partial charge in [0.2, 0.25) is 5.72 Å². The van der Waals surface area contributed by atoms with Gasteiger partial charge in [0.1, 0.15) is 0 Å². The molecular weight excluding hydrogens is 148 g/mol. The Morgan fingerprint density at radius 1 is 1.82 bits per heavy atom. The number of carboxylic acids is 1. The van der Waals surface area contributed by atoms with Crippen molar-refractivity contribution in [2.45, 2.75) is 5.72 Å². The van der Waals surface area contributed by atoms with Crippen molar-refractivity contribution in [1.82, 2.24) is 10.6 Å². The van der Waals surface area contributed by atoms with E-state index in [0.29, 0.717) is 6.54 Å². The van der Waals surface area contributed by atoms with Gasteiger partial charge in [0.25, 0.3) is 0 Å². The maximum atomic E-state index is 10.6. The number of nitrogens with one attached hydrogen (secondary N) is 1. The predicted molar refractivity (Wildman–Crippen MR) is 37.2 cm³/mol. The highest BCUT2D eigenvalue weighted by molar-refractivity contribution is 5.77. The Hall–Kier alpha value is -0.650. The summed E-state index contributed by atoms with van der Waals surface area (Å²) in [6.45, 7) is 1.46. The molecule has 0 spiro atoms. The van der Waals surface area contributed by atoms with E-state index in [4.69, 9.17) is 9.84 Å². The maximum absolute atomic E-state index is 10.6. The molecule has 1 radical (unpaired) electrons. The second kappa shape index (κ2) is 3.17. The normalized spacial score (nSPS) is 31.7. The molecule has 1 aliphatic heterocycles. The number of rotatable bonds is 2. The number of piperazine rings is 1. The van der Waals surface area contributed by atoms with Crippen molar-refractivity contribution in [3.63, 3.8) is 0 Å². The van der Waals surface area contributed by atoms with Crippen molar-refractivity contribution in [2.24, 2.45) is 0 Å². The van der Waals surface area contributed by atoms with E-state index >= 15 is 0 Å². The SMILES string of the molecule is COC1(C(=O)O)CNCC[N]1. The van der Waals surface area contributed by atoms with Crippen LogP contribution in [0, 0.1) is 0 Å². The standard InChI is InChI=1S/C6H11N2O3/c1-11-6(5(9)10)4-7-2-3-8-6/h7H,2-4H2,1H3,(H,9,10). The van der Waals surface area contributed by atoms with Crippen molar-refractivity contribution in [3.05, 3.63) is 0 Å². The van der Waals surface area contributed by atoms with Gasteiger partial charge >= 0.3 is 5.97 Å². The lowest BCUT2D eigenvalue weighted by Crippen LogP contribution is -2.61. The molecular formula is C6H11N2O3. The van der Waals surface area contributed by atoms with Crippen molar-refractivity contribution < 1.29 is 14.6 Å². The topological polar surface area (TPSA) is 72.7 Å². The summed E-state index contributed by atoms with van der Waals surface area (Å²) in [4.78, 5) is 10.6. The molecule has 1 rings (SSSR count). The molecule has 1 fully saturated rings. The zero-order chi connectivity index (χ0) is 8.32. The van der Waals surface area contributed by atoms with Crippen LogP contribution in [0.1, 0.15) is 0 Å². The molecule has 5 heteroatoms. The first-order chi connectivity index (χ1) is 5.21. The van der Waals surface area contributed by atoms with Gasteiger partial charge in [0, 0.05) is 20.2 Å². The van der Waals surface area contributed by atoms with E-state index in [0.717, 1.165) is 6.54 Å². The van der Waals surface area contributed by atoms with E-state index in [9.17, 15) is 4.79 Å². The fourth-order valence-corrected chi connectivity index (χ4v) is 0.997. The largest absolute Gasteiger partial charge is 0.478 e. The van der Waals surface area contributed by atoms with E-state index in [1.165, 1.54) is 7.11 Å². The fraction of sp³-hybridized carbons (Fsp3) is 0.833. The lowest BCUT2D eigenvalue weighted by atomic mass is 10.2. The summed E-state index contributed by atoms with van der Waals surface area (Å²) in [5, 5.41) is 15.5. The molecule has 0 bridgehead atoms. The van der Waals surface area contributed by atoms with Gasteiger partial charge in [-0.2, -0.15) is 5.32 Å². The second-order valence-corrected chi connectivity index (χ2v) is 2.35. The van der Waals surface area contributed by atoms with Crippen LogP contribution >= 0.6 is 0 Å². The third kappa shape index (κ3) is 1.50. The summed E-state index contributed by atoms with van der Waals surface area (Å²) in [7, 11) is 1.35. The van der Waals surface area contributed by atoms with Crippen molar-refractivity contribution in [2.75, 3.05) is 26.7 Å². The lowest BCUT2D eigenvalue weighted by molar-refractivity contribution is -0.168. The van der Waals surface area contributed by atoms with Crippen LogP contribution in [0.3, 0.4) is 0 Å². The summed E-state index contributed by atoms with van der Waals surface area (Å²) in [5.74, 6) is -1.04. The van der Waals surface area contributed by atoms with Crippen LogP contribution in [0.5, 0.6) is 0 Å². The van der Waals surface area contributed by atoms with Crippen molar-refractivity contribution >= 4 is 5.97 Å². The number of methoxy groups -OCH3 is 1. The highest BCUT2D eigenvalue weighted by Crippen LogP contribution is 2.08. The van der Waals surface area contributed by atoms with Crippen LogP contribution < -0.4 is 10.6 Å². The molecule has 1 aliphatic rings. The van der Waals surface area contributed by atoms with Gasteiger partial charge in [0.05, 0.1) is 6.54 Å². The average Bonchev–Trinajstić information content (AvgIpc) is 2.05. The summed E-state index contributed by atoms with van der Waals surface area (Å²) in [6, 6.07) is 0. The predicted octanol–water partition coefficient (Wildman–Crippen LogP) is -1.38. The number of carboxylic acid groups (broad SMARTS) is 1. The number of carbonyl (C=O) groups is 1. The van der Waals surface area contributed by atoms with Crippen LogP contribution in [-0.4, -0.2) is 43.5 Å². The number of aliphatic carboxylic acids is 1. The Kier molecular flexibility index (Phi) is 2.43. The smallest absolute Gasteiger partial charge is 0.354 e. The van der Waals surface area contributed by atoms with E-state index in [2.05, 4.69) is 10.6 Å². The van der Waals surface area contributed by atoms with Crippen LogP contribution in [0.2, 0.25) is 0 Å². The van der Waals surface area contributed by atoms with Crippen LogP contribution in [0.15, 0.2) is 0 Å². The van der Waals surface area contributed by atoms with Gasteiger partial charge in [-0.1, -0.05) is 0 Å². The van der Waals surface area contributed by atoms with Gasteiger partial charge in [-0.25, -0.2) is 4.79 Å². The zero-order valence-corrected chi connectivity index (χ0v) is 6.33. The molecule has 0 aromatic heterocycles. The van der Waals surface area contributed by atoms with Gasteiger partial charge in [-0.05, 0) is 0 Å². The number of ether oxygens (including phenoxy) is 1. The molecule has 0 aliphatic carbocycles. The summed E-state index contributed by atoms with van der Waals surface area (Å²) in [6.07, 6.45) is 0. The molecule has 0 aromatic rings. The first-order valence-electron chi connectivity index (χ1n) is 3.39. The van der Waals surface area contributed by atoms with Gasteiger partial charge in [-0.15, -0.1) is 0 Å². The lowest BCUT2D eigenvalue weighted by Gasteiger charge is -2.31. The van der Waals surface area contributed by atoms with E-state index in [-0.39, 0.29) is 6.54 Å². The number of hydrogen-bond donors (Lipinski definition) is 2. The average molecular weight is 159 g/mol.